The molecule has 1 fully saturated rings. The normalized spacial score (nSPS) is 16.5. The summed E-state index contributed by atoms with van der Waals surface area (Å²) in [5, 5.41) is 0. The quantitative estimate of drug-likeness (QED) is 0.853. The van der Waals surface area contributed by atoms with E-state index < -0.39 is 11.6 Å². The largest absolute Gasteiger partial charge is 0.342 e. The summed E-state index contributed by atoms with van der Waals surface area (Å²) in [5.41, 5.74) is 0.407. The lowest BCUT2D eigenvalue weighted by atomic mass is 10.1. The van der Waals surface area contributed by atoms with Crippen molar-refractivity contribution in [2.75, 3.05) is 26.7 Å². The van der Waals surface area contributed by atoms with Crippen LogP contribution in [0.5, 0.6) is 0 Å². The molecule has 22 heavy (non-hydrogen) atoms. The second kappa shape index (κ2) is 8.22. The number of hydrogen-bond acceptors (Lipinski definition) is 2. The monoisotopic (exact) mass is 310 g/mol. The van der Waals surface area contributed by atoms with Gasteiger partial charge in [0.1, 0.15) is 11.6 Å². The molecular formula is C17H24F2N2O. The number of carbonyl (C=O) groups is 1. The smallest absolute Gasteiger partial charge is 0.236 e. The van der Waals surface area contributed by atoms with Crippen molar-refractivity contribution in [2.24, 2.45) is 0 Å². The van der Waals surface area contributed by atoms with Crippen LogP contribution in [0.25, 0.3) is 0 Å². The maximum absolute atomic E-state index is 13.6. The van der Waals surface area contributed by atoms with Gasteiger partial charge in [-0.05, 0) is 26.0 Å². The molecule has 3 nitrogen and oxygen atoms in total. The molecule has 0 aliphatic carbocycles. The van der Waals surface area contributed by atoms with Gasteiger partial charge in [0.25, 0.3) is 0 Å². The van der Waals surface area contributed by atoms with Gasteiger partial charge in [0.05, 0.1) is 6.54 Å². The highest BCUT2D eigenvalue weighted by Gasteiger charge is 2.17. The fraction of sp³-hybridized carbons (Fsp3) is 0.588. The molecule has 1 aromatic carbocycles. The number of likely N-dealkylation sites (tertiary alicyclic amines) is 1. The third-order valence-electron chi connectivity index (χ3n) is 4.07. The van der Waals surface area contributed by atoms with Crippen molar-refractivity contribution in [1.82, 2.24) is 9.80 Å². The topological polar surface area (TPSA) is 23.6 Å². The van der Waals surface area contributed by atoms with Crippen molar-refractivity contribution >= 4 is 5.91 Å². The molecule has 1 aromatic rings. The number of likely N-dealkylation sites (N-methyl/N-ethyl adjacent to an activating group) is 1. The van der Waals surface area contributed by atoms with Gasteiger partial charge in [-0.1, -0.05) is 25.3 Å². The molecule has 1 amide bonds. The Bertz CT molecular complexity index is 499. The fourth-order valence-corrected chi connectivity index (χ4v) is 2.82. The second-order valence-corrected chi connectivity index (χ2v) is 6.06. The molecule has 2 rings (SSSR count). The molecule has 0 N–H and O–H groups in total. The van der Waals surface area contributed by atoms with Crippen LogP contribution in [-0.4, -0.2) is 42.4 Å². The summed E-state index contributed by atoms with van der Waals surface area (Å²) in [6, 6.07) is 3.55. The van der Waals surface area contributed by atoms with Gasteiger partial charge in [-0.15, -0.1) is 0 Å². The molecule has 5 heteroatoms. The van der Waals surface area contributed by atoms with Crippen LogP contribution in [0.2, 0.25) is 0 Å². The molecule has 0 spiro atoms. The standard InChI is InChI=1S/C17H24F2N2O/c1-20(12-14-7-8-15(18)11-16(14)19)13-17(22)21-9-5-3-2-4-6-10-21/h7-8,11H,2-6,9-10,12-13H2,1H3. The van der Waals surface area contributed by atoms with Crippen molar-refractivity contribution in [3.63, 3.8) is 0 Å². The first kappa shape index (κ1) is 16.9. The molecule has 1 heterocycles. The molecule has 0 saturated carbocycles. The van der Waals surface area contributed by atoms with Crippen molar-refractivity contribution in [1.29, 1.82) is 0 Å². The SMILES string of the molecule is CN(CC(=O)N1CCCCCCC1)Cc1ccc(F)cc1F. The average molecular weight is 310 g/mol. The van der Waals surface area contributed by atoms with Crippen LogP contribution in [0.4, 0.5) is 8.78 Å². The Morgan fingerprint density at radius 1 is 1.14 bits per heavy atom. The predicted molar refractivity (Wildman–Crippen MR) is 82.4 cm³/mol. The molecule has 122 valence electrons. The average Bonchev–Trinajstić information content (AvgIpc) is 2.41. The summed E-state index contributed by atoms with van der Waals surface area (Å²) in [6.45, 7) is 2.19. The minimum absolute atomic E-state index is 0.0897. The van der Waals surface area contributed by atoms with Gasteiger partial charge >= 0.3 is 0 Å². The van der Waals surface area contributed by atoms with Crippen LogP contribution in [0, 0.1) is 11.6 Å². The summed E-state index contributed by atoms with van der Waals surface area (Å²) in [4.78, 5) is 16.0. The third-order valence-corrected chi connectivity index (χ3v) is 4.07. The van der Waals surface area contributed by atoms with E-state index in [0.717, 1.165) is 32.0 Å². The van der Waals surface area contributed by atoms with Crippen molar-refractivity contribution < 1.29 is 13.6 Å². The number of hydrogen-bond donors (Lipinski definition) is 0. The third kappa shape index (κ3) is 5.05. The molecule has 0 radical (unpaired) electrons. The number of rotatable bonds is 4. The Balaban J connectivity index is 1.87. The lowest BCUT2D eigenvalue weighted by Crippen LogP contribution is -2.40. The molecule has 1 saturated heterocycles. The zero-order chi connectivity index (χ0) is 15.9. The number of benzene rings is 1. The molecule has 0 aromatic heterocycles. The van der Waals surface area contributed by atoms with Crippen LogP contribution < -0.4 is 0 Å². The van der Waals surface area contributed by atoms with Gasteiger partial charge in [-0.2, -0.15) is 0 Å². The number of carbonyl (C=O) groups excluding carboxylic acids is 1. The Morgan fingerprint density at radius 3 is 2.41 bits per heavy atom. The van der Waals surface area contributed by atoms with Crippen molar-refractivity contribution in [3.8, 4) is 0 Å². The first-order chi connectivity index (χ1) is 10.6. The van der Waals surface area contributed by atoms with E-state index in [1.807, 2.05) is 4.90 Å². The van der Waals surface area contributed by atoms with Gasteiger partial charge in [-0.3, -0.25) is 9.69 Å². The van der Waals surface area contributed by atoms with Crippen molar-refractivity contribution in [3.05, 3.63) is 35.4 Å². The van der Waals surface area contributed by atoms with Gasteiger partial charge in [0.15, 0.2) is 0 Å². The van der Waals surface area contributed by atoms with E-state index in [-0.39, 0.29) is 12.5 Å². The molecule has 1 aliphatic heterocycles. The zero-order valence-electron chi connectivity index (χ0n) is 13.2. The highest BCUT2D eigenvalue weighted by Crippen LogP contribution is 2.13. The fourth-order valence-electron chi connectivity index (χ4n) is 2.82. The highest BCUT2D eigenvalue weighted by molar-refractivity contribution is 5.78. The molecular weight excluding hydrogens is 286 g/mol. The molecule has 0 atom stereocenters. The van der Waals surface area contributed by atoms with E-state index in [1.165, 1.54) is 31.4 Å². The Morgan fingerprint density at radius 2 is 1.77 bits per heavy atom. The molecule has 0 bridgehead atoms. The van der Waals surface area contributed by atoms with E-state index in [1.54, 1.807) is 11.9 Å². The molecule has 0 unspecified atom stereocenters. The van der Waals surface area contributed by atoms with Gasteiger partial charge in [0, 0.05) is 31.3 Å². The van der Waals surface area contributed by atoms with E-state index in [9.17, 15) is 13.6 Å². The van der Waals surface area contributed by atoms with Gasteiger partial charge < -0.3 is 4.90 Å². The lowest BCUT2D eigenvalue weighted by molar-refractivity contribution is -0.132. The van der Waals surface area contributed by atoms with E-state index in [0.29, 0.717) is 12.1 Å². The second-order valence-electron chi connectivity index (χ2n) is 6.06. The lowest BCUT2D eigenvalue weighted by Gasteiger charge is -2.27. The van der Waals surface area contributed by atoms with Crippen LogP contribution in [0.15, 0.2) is 18.2 Å². The number of amides is 1. The minimum atomic E-state index is -0.583. The number of nitrogens with zero attached hydrogens (tertiary/aromatic N) is 2. The summed E-state index contributed by atoms with van der Waals surface area (Å²) in [5.74, 6) is -1.06. The van der Waals surface area contributed by atoms with Crippen molar-refractivity contribution in [2.45, 2.75) is 38.6 Å². The maximum atomic E-state index is 13.6. The predicted octanol–water partition coefficient (Wildman–Crippen LogP) is 3.19. The Labute approximate surface area is 130 Å². The summed E-state index contributed by atoms with van der Waals surface area (Å²) in [6.07, 6.45) is 5.73. The molecule has 1 aliphatic rings. The van der Waals surface area contributed by atoms with Crippen LogP contribution >= 0.6 is 0 Å². The van der Waals surface area contributed by atoms with Gasteiger partial charge in [0.2, 0.25) is 5.91 Å². The summed E-state index contributed by atoms with van der Waals surface area (Å²) >= 11 is 0. The van der Waals surface area contributed by atoms with E-state index >= 15 is 0 Å². The Kier molecular flexibility index (Phi) is 6.31. The van der Waals surface area contributed by atoms with E-state index in [4.69, 9.17) is 0 Å². The van der Waals surface area contributed by atoms with Crippen LogP contribution in [0.1, 0.15) is 37.7 Å². The van der Waals surface area contributed by atoms with E-state index in [2.05, 4.69) is 0 Å². The summed E-state index contributed by atoms with van der Waals surface area (Å²) < 4.78 is 26.5. The maximum Gasteiger partial charge on any atom is 0.236 e. The number of halogens is 2. The zero-order valence-corrected chi connectivity index (χ0v) is 13.2. The first-order valence-electron chi connectivity index (χ1n) is 7.96. The van der Waals surface area contributed by atoms with Gasteiger partial charge in [-0.25, -0.2) is 8.78 Å². The first-order valence-corrected chi connectivity index (χ1v) is 7.96. The highest BCUT2D eigenvalue weighted by atomic mass is 19.1. The van der Waals surface area contributed by atoms with Crippen LogP contribution in [0.3, 0.4) is 0 Å². The Hall–Kier alpha value is -1.49. The minimum Gasteiger partial charge on any atom is -0.342 e. The summed E-state index contributed by atoms with van der Waals surface area (Å²) in [7, 11) is 1.78. The van der Waals surface area contributed by atoms with Crippen LogP contribution in [-0.2, 0) is 11.3 Å².